The van der Waals surface area contributed by atoms with Crippen molar-refractivity contribution in [3.8, 4) is 0 Å². The summed E-state index contributed by atoms with van der Waals surface area (Å²) in [7, 11) is 0. The first-order valence-corrected chi connectivity index (χ1v) is 6.49. The van der Waals surface area contributed by atoms with Crippen LogP contribution in [-0.2, 0) is 0 Å². The lowest BCUT2D eigenvalue weighted by Crippen LogP contribution is -2.01. The standard InChI is InChI=1S/C11H17N3S/c1-2-12-10-7-11(14-8-13-10)15-9-5-3-4-6-9/h7-9H,2-6H2,1H3,(H,12,13,14). The number of nitrogens with zero attached hydrogens (tertiary/aromatic N) is 2. The minimum absolute atomic E-state index is 0.773. The normalized spacial score (nSPS) is 16.9. The molecule has 0 atom stereocenters. The fraction of sp³-hybridized carbons (Fsp3) is 0.636. The van der Waals surface area contributed by atoms with E-state index >= 15 is 0 Å². The third-order valence-corrected chi connectivity index (χ3v) is 3.86. The Morgan fingerprint density at radius 3 is 2.93 bits per heavy atom. The molecule has 0 radical (unpaired) electrons. The highest BCUT2D eigenvalue weighted by molar-refractivity contribution is 7.99. The van der Waals surface area contributed by atoms with Gasteiger partial charge in [0.05, 0.1) is 0 Å². The largest absolute Gasteiger partial charge is 0.370 e. The van der Waals surface area contributed by atoms with Gasteiger partial charge in [0, 0.05) is 17.9 Å². The van der Waals surface area contributed by atoms with Crippen molar-refractivity contribution in [3.63, 3.8) is 0 Å². The molecule has 15 heavy (non-hydrogen) atoms. The fourth-order valence-corrected chi connectivity index (χ4v) is 3.06. The SMILES string of the molecule is CCNc1cc(SC2CCCC2)ncn1. The first kappa shape index (κ1) is 10.7. The van der Waals surface area contributed by atoms with Gasteiger partial charge in [0.1, 0.15) is 17.2 Å². The summed E-state index contributed by atoms with van der Waals surface area (Å²) in [4.78, 5) is 8.47. The molecular formula is C11H17N3S. The van der Waals surface area contributed by atoms with Gasteiger partial charge in [-0.1, -0.05) is 12.8 Å². The molecule has 1 fully saturated rings. The Morgan fingerprint density at radius 2 is 2.20 bits per heavy atom. The van der Waals surface area contributed by atoms with Crippen LogP contribution in [0.3, 0.4) is 0 Å². The zero-order chi connectivity index (χ0) is 10.5. The van der Waals surface area contributed by atoms with Crippen molar-refractivity contribution in [2.75, 3.05) is 11.9 Å². The van der Waals surface area contributed by atoms with Crippen molar-refractivity contribution >= 4 is 17.6 Å². The second-order valence-electron chi connectivity index (χ2n) is 3.80. The van der Waals surface area contributed by atoms with E-state index in [0.29, 0.717) is 0 Å². The van der Waals surface area contributed by atoms with Crippen LogP contribution in [0.15, 0.2) is 17.4 Å². The van der Waals surface area contributed by atoms with E-state index in [1.165, 1.54) is 25.7 Å². The van der Waals surface area contributed by atoms with E-state index in [1.54, 1.807) is 6.33 Å². The van der Waals surface area contributed by atoms with Crippen molar-refractivity contribution in [3.05, 3.63) is 12.4 Å². The number of nitrogens with one attached hydrogen (secondary N) is 1. The van der Waals surface area contributed by atoms with Gasteiger partial charge < -0.3 is 5.32 Å². The third-order valence-electron chi connectivity index (χ3n) is 2.59. The van der Waals surface area contributed by atoms with Crippen molar-refractivity contribution in [1.82, 2.24) is 9.97 Å². The van der Waals surface area contributed by atoms with Gasteiger partial charge in [-0.25, -0.2) is 9.97 Å². The predicted molar refractivity (Wildman–Crippen MR) is 64.3 cm³/mol. The van der Waals surface area contributed by atoms with Gasteiger partial charge in [0.2, 0.25) is 0 Å². The highest BCUT2D eigenvalue weighted by Gasteiger charge is 2.16. The molecular weight excluding hydrogens is 206 g/mol. The van der Waals surface area contributed by atoms with Crippen molar-refractivity contribution in [2.24, 2.45) is 0 Å². The van der Waals surface area contributed by atoms with Crippen LogP contribution >= 0.6 is 11.8 Å². The number of rotatable bonds is 4. The predicted octanol–water partition coefficient (Wildman–Crippen LogP) is 2.94. The molecule has 1 aromatic heterocycles. The van der Waals surface area contributed by atoms with Crippen molar-refractivity contribution in [2.45, 2.75) is 42.9 Å². The highest BCUT2D eigenvalue weighted by atomic mass is 32.2. The first-order valence-electron chi connectivity index (χ1n) is 5.61. The van der Waals surface area contributed by atoms with Crippen LogP contribution in [0.5, 0.6) is 0 Å². The van der Waals surface area contributed by atoms with Crippen LogP contribution in [0.1, 0.15) is 32.6 Å². The monoisotopic (exact) mass is 223 g/mol. The maximum absolute atomic E-state index is 4.30. The van der Waals surface area contributed by atoms with Gasteiger partial charge >= 0.3 is 0 Å². The quantitative estimate of drug-likeness (QED) is 0.796. The average Bonchev–Trinajstić information content (AvgIpc) is 2.71. The van der Waals surface area contributed by atoms with Crippen molar-refractivity contribution in [1.29, 1.82) is 0 Å². The Bertz CT molecular complexity index is 310. The van der Waals surface area contributed by atoms with Crippen LogP contribution in [0.2, 0.25) is 0 Å². The van der Waals surface area contributed by atoms with Crippen LogP contribution < -0.4 is 5.32 Å². The average molecular weight is 223 g/mol. The lowest BCUT2D eigenvalue weighted by Gasteiger charge is -2.08. The van der Waals surface area contributed by atoms with Gasteiger partial charge in [-0.2, -0.15) is 0 Å². The molecule has 0 aliphatic heterocycles. The maximum atomic E-state index is 4.30. The minimum Gasteiger partial charge on any atom is -0.370 e. The molecule has 0 amide bonds. The molecule has 0 unspecified atom stereocenters. The molecule has 82 valence electrons. The van der Waals surface area contributed by atoms with E-state index in [4.69, 9.17) is 0 Å². The molecule has 1 aliphatic rings. The summed E-state index contributed by atoms with van der Waals surface area (Å²) in [6.07, 6.45) is 7.08. The van der Waals surface area contributed by atoms with Gasteiger partial charge in [0.25, 0.3) is 0 Å². The number of hydrogen-bond acceptors (Lipinski definition) is 4. The molecule has 1 aliphatic carbocycles. The van der Waals surface area contributed by atoms with E-state index < -0.39 is 0 Å². The van der Waals surface area contributed by atoms with Gasteiger partial charge in [-0.05, 0) is 19.8 Å². The van der Waals surface area contributed by atoms with E-state index in [9.17, 15) is 0 Å². The molecule has 2 rings (SSSR count). The van der Waals surface area contributed by atoms with Crippen molar-refractivity contribution < 1.29 is 0 Å². The topological polar surface area (TPSA) is 37.8 Å². The second-order valence-corrected chi connectivity index (χ2v) is 5.12. The lowest BCUT2D eigenvalue weighted by molar-refractivity contribution is 0.886. The molecule has 0 saturated heterocycles. The summed E-state index contributed by atoms with van der Waals surface area (Å²) in [6, 6.07) is 2.05. The summed E-state index contributed by atoms with van der Waals surface area (Å²) in [5.74, 6) is 0.938. The number of hydrogen-bond donors (Lipinski definition) is 1. The molecule has 0 aromatic carbocycles. The summed E-state index contributed by atoms with van der Waals surface area (Å²) < 4.78 is 0. The Kier molecular flexibility index (Phi) is 3.83. The molecule has 0 bridgehead atoms. The van der Waals surface area contributed by atoms with E-state index in [1.807, 2.05) is 17.8 Å². The van der Waals surface area contributed by atoms with Crippen LogP contribution in [0.4, 0.5) is 5.82 Å². The summed E-state index contributed by atoms with van der Waals surface area (Å²) in [6.45, 7) is 2.98. The molecule has 1 aromatic rings. The molecule has 0 spiro atoms. The third kappa shape index (κ3) is 3.09. The number of anilines is 1. The van der Waals surface area contributed by atoms with E-state index in [2.05, 4.69) is 22.2 Å². The van der Waals surface area contributed by atoms with Gasteiger partial charge in [-0.3, -0.25) is 0 Å². The molecule has 1 N–H and O–H groups in total. The zero-order valence-electron chi connectivity index (χ0n) is 9.07. The van der Waals surface area contributed by atoms with Crippen LogP contribution in [0, 0.1) is 0 Å². The summed E-state index contributed by atoms with van der Waals surface area (Å²) in [5.41, 5.74) is 0. The Balaban J connectivity index is 1.97. The van der Waals surface area contributed by atoms with Crippen LogP contribution in [0.25, 0.3) is 0 Å². The Hall–Kier alpha value is -0.770. The van der Waals surface area contributed by atoms with E-state index in [-0.39, 0.29) is 0 Å². The Morgan fingerprint density at radius 1 is 1.40 bits per heavy atom. The fourth-order valence-electron chi connectivity index (χ4n) is 1.86. The Labute approximate surface area is 95.1 Å². The molecule has 1 saturated carbocycles. The number of thioether (sulfide) groups is 1. The van der Waals surface area contributed by atoms with Crippen LogP contribution in [-0.4, -0.2) is 21.8 Å². The molecule has 4 heteroatoms. The smallest absolute Gasteiger partial charge is 0.130 e. The van der Waals surface area contributed by atoms with Gasteiger partial charge in [0.15, 0.2) is 0 Å². The maximum Gasteiger partial charge on any atom is 0.130 e. The number of aromatic nitrogens is 2. The van der Waals surface area contributed by atoms with Gasteiger partial charge in [-0.15, -0.1) is 11.8 Å². The zero-order valence-corrected chi connectivity index (χ0v) is 9.89. The second kappa shape index (κ2) is 5.35. The summed E-state index contributed by atoms with van der Waals surface area (Å²) in [5, 5.41) is 5.09. The molecule has 1 heterocycles. The minimum atomic E-state index is 0.773. The lowest BCUT2D eigenvalue weighted by atomic mass is 10.4. The summed E-state index contributed by atoms with van der Waals surface area (Å²) >= 11 is 1.90. The highest BCUT2D eigenvalue weighted by Crippen LogP contribution is 2.33. The molecule has 3 nitrogen and oxygen atoms in total. The first-order chi connectivity index (χ1) is 7.38. The van der Waals surface area contributed by atoms with E-state index in [0.717, 1.165) is 22.6 Å².